The normalized spacial score (nSPS) is 11.6. The van der Waals surface area contributed by atoms with Crippen LogP contribution >= 0.6 is 11.3 Å². The summed E-state index contributed by atoms with van der Waals surface area (Å²) in [5.41, 5.74) is 2.85. The average Bonchev–Trinajstić information content (AvgIpc) is 3.17. The van der Waals surface area contributed by atoms with Crippen molar-refractivity contribution in [3.63, 3.8) is 0 Å². The standard InChI is InChI=1S/C19H16N2OS/c1-3-13-5-4-6-16-17(11-21-18(13)16)19(22)14(10-20)9-15-8-7-12(2)23-15/h4-9,11,21H,3H2,1-2H3/b14-9+. The first-order valence-electron chi connectivity index (χ1n) is 7.46. The summed E-state index contributed by atoms with van der Waals surface area (Å²) in [5, 5.41) is 10.3. The molecule has 0 radical (unpaired) electrons. The Kier molecular flexibility index (Phi) is 4.14. The van der Waals surface area contributed by atoms with Crippen LogP contribution in [0.4, 0.5) is 0 Å². The summed E-state index contributed by atoms with van der Waals surface area (Å²) in [4.78, 5) is 18.0. The van der Waals surface area contributed by atoms with Crippen molar-refractivity contribution in [1.82, 2.24) is 4.98 Å². The molecule has 0 unspecified atom stereocenters. The summed E-state index contributed by atoms with van der Waals surface area (Å²) in [6.07, 6.45) is 4.26. The van der Waals surface area contributed by atoms with E-state index in [9.17, 15) is 10.1 Å². The molecule has 23 heavy (non-hydrogen) atoms. The number of hydrogen-bond donors (Lipinski definition) is 1. The number of hydrogen-bond acceptors (Lipinski definition) is 3. The van der Waals surface area contributed by atoms with E-state index >= 15 is 0 Å². The molecule has 0 saturated carbocycles. The predicted molar refractivity (Wildman–Crippen MR) is 94.7 cm³/mol. The van der Waals surface area contributed by atoms with Crippen LogP contribution < -0.4 is 0 Å². The molecule has 3 nitrogen and oxygen atoms in total. The van der Waals surface area contributed by atoms with Crippen LogP contribution in [0.5, 0.6) is 0 Å². The Morgan fingerprint density at radius 3 is 2.83 bits per heavy atom. The van der Waals surface area contributed by atoms with Crippen LogP contribution in [-0.4, -0.2) is 10.8 Å². The van der Waals surface area contributed by atoms with Gasteiger partial charge in [0.25, 0.3) is 0 Å². The first kappa shape index (κ1) is 15.3. The Hall–Kier alpha value is -2.64. The Morgan fingerprint density at radius 2 is 2.17 bits per heavy atom. The number of H-pyrrole nitrogens is 1. The maximum atomic E-state index is 12.8. The highest BCUT2D eigenvalue weighted by atomic mass is 32.1. The number of benzene rings is 1. The molecule has 2 aromatic heterocycles. The van der Waals surface area contributed by atoms with Gasteiger partial charge < -0.3 is 4.98 Å². The van der Waals surface area contributed by atoms with Gasteiger partial charge in [0.2, 0.25) is 5.78 Å². The number of aromatic amines is 1. The molecular weight excluding hydrogens is 304 g/mol. The molecule has 3 rings (SSSR count). The Balaban J connectivity index is 2.06. The lowest BCUT2D eigenvalue weighted by Crippen LogP contribution is -2.00. The Bertz CT molecular complexity index is 953. The molecular formula is C19H16N2OS. The van der Waals surface area contributed by atoms with Gasteiger partial charge in [-0.25, -0.2) is 0 Å². The number of para-hydroxylation sites is 1. The minimum atomic E-state index is -0.238. The summed E-state index contributed by atoms with van der Waals surface area (Å²) < 4.78 is 0. The van der Waals surface area contributed by atoms with Gasteiger partial charge in [0.05, 0.1) is 0 Å². The summed E-state index contributed by atoms with van der Waals surface area (Å²) in [6, 6.07) is 11.9. The minimum Gasteiger partial charge on any atom is -0.360 e. The van der Waals surface area contributed by atoms with E-state index < -0.39 is 0 Å². The van der Waals surface area contributed by atoms with Crippen molar-refractivity contribution in [2.45, 2.75) is 20.3 Å². The lowest BCUT2D eigenvalue weighted by atomic mass is 10.0. The topological polar surface area (TPSA) is 56.6 Å². The zero-order valence-electron chi connectivity index (χ0n) is 13.0. The molecule has 114 valence electrons. The third-order valence-electron chi connectivity index (χ3n) is 3.84. The van der Waals surface area contributed by atoms with E-state index in [0.717, 1.165) is 32.6 Å². The molecule has 3 aromatic rings. The summed E-state index contributed by atoms with van der Waals surface area (Å²) in [5.74, 6) is -0.238. The Morgan fingerprint density at radius 1 is 1.35 bits per heavy atom. The lowest BCUT2D eigenvalue weighted by molar-refractivity contribution is 0.104. The maximum Gasteiger partial charge on any atom is 0.205 e. The number of rotatable bonds is 4. The molecule has 4 heteroatoms. The molecule has 0 spiro atoms. The van der Waals surface area contributed by atoms with Crippen molar-refractivity contribution in [2.24, 2.45) is 0 Å². The van der Waals surface area contributed by atoms with Crippen LogP contribution in [0.2, 0.25) is 0 Å². The largest absolute Gasteiger partial charge is 0.360 e. The molecule has 0 aliphatic heterocycles. The number of nitrogens with zero attached hydrogens (tertiary/aromatic N) is 1. The average molecular weight is 320 g/mol. The lowest BCUT2D eigenvalue weighted by Gasteiger charge is -2.00. The van der Waals surface area contributed by atoms with Crippen molar-refractivity contribution in [3.8, 4) is 6.07 Å². The molecule has 0 saturated heterocycles. The van der Waals surface area contributed by atoms with E-state index in [1.165, 1.54) is 0 Å². The molecule has 0 atom stereocenters. The van der Waals surface area contributed by atoms with E-state index in [4.69, 9.17) is 0 Å². The van der Waals surface area contributed by atoms with Crippen molar-refractivity contribution in [2.75, 3.05) is 0 Å². The highest BCUT2D eigenvalue weighted by Gasteiger charge is 2.17. The van der Waals surface area contributed by atoms with Crippen molar-refractivity contribution in [1.29, 1.82) is 5.26 Å². The van der Waals surface area contributed by atoms with Gasteiger partial charge in [-0.1, -0.05) is 25.1 Å². The second kappa shape index (κ2) is 6.23. The van der Waals surface area contributed by atoms with Gasteiger partial charge in [-0.05, 0) is 37.1 Å². The second-order valence-electron chi connectivity index (χ2n) is 5.34. The molecule has 0 aliphatic rings. The third-order valence-corrected chi connectivity index (χ3v) is 4.79. The quantitative estimate of drug-likeness (QED) is 0.423. The number of nitriles is 1. The van der Waals surface area contributed by atoms with Crippen LogP contribution in [0.1, 0.15) is 32.6 Å². The third kappa shape index (κ3) is 2.84. The van der Waals surface area contributed by atoms with E-state index in [-0.39, 0.29) is 11.4 Å². The van der Waals surface area contributed by atoms with E-state index in [1.54, 1.807) is 23.6 Å². The smallest absolute Gasteiger partial charge is 0.205 e. The zero-order valence-corrected chi connectivity index (χ0v) is 13.8. The second-order valence-corrected chi connectivity index (χ2v) is 6.66. The van der Waals surface area contributed by atoms with Crippen molar-refractivity contribution >= 4 is 34.1 Å². The van der Waals surface area contributed by atoms with Gasteiger partial charge >= 0.3 is 0 Å². The van der Waals surface area contributed by atoms with Crippen LogP contribution in [0, 0.1) is 18.3 Å². The SMILES string of the molecule is CCc1cccc2c(C(=O)/C(C#N)=C/c3ccc(C)s3)c[nH]c12. The number of Topliss-reactive ketones (excluding diaryl/α,β-unsaturated/α-hetero) is 1. The van der Waals surface area contributed by atoms with Crippen molar-refractivity contribution < 1.29 is 4.79 Å². The number of carbonyl (C=O) groups is 1. The van der Waals surface area contributed by atoms with Crippen LogP contribution in [-0.2, 0) is 6.42 Å². The molecule has 2 heterocycles. The van der Waals surface area contributed by atoms with Gasteiger partial charge in [-0.3, -0.25) is 4.79 Å². The monoisotopic (exact) mass is 320 g/mol. The number of nitrogens with one attached hydrogen (secondary N) is 1. The van der Waals surface area contributed by atoms with E-state index in [1.807, 2.05) is 43.3 Å². The fourth-order valence-electron chi connectivity index (χ4n) is 2.67. The fourth-order valence-corrected chi connectivity index (χ4v) is 3.49. The fraction of sp³-hybridized carbons (Fsp3) is 0.158. The number of allylic oxidation sites excluding steroid dienone is 1. The summed E-state index contributed by atoms with van der Waals surface area (Å²) in [6.45, 7) is 4.08. The van der Waals surface area contributed by atoms with Crippen LogP contribution in [0.15, 0.2) is 42.1 Å². The number of aryl methyl sites for hydroxylation is 2. The predicted octanol–water partition coefficient (Wildman–Crippen LogP) is 4.89. The molecule has 0 bridgehead atoms. The number of ketones is 1. The maximum absolute atomic E-state index is 12.8. The molecule has 0 fully saturated rings. The van der Waals surface area contributed by atoms with Crippen molar-refractivity contribution in [3.05, 3.63) is 63.0 Å². The highest BCUT2D eigenvalue weighted by molar-refractivity contribution is 7.12. The van der Waals surface area contributed by atoms with Gasteiger partial charge in [-0.2, -0.15) is 5.26 Å². The molecule has 0 amide bonds. The number of thiophene rings is 1. The molecule has 0 aliphatic carbocycles. The van der Waals surface area contributed by atoms with E-state index in [0.29, 0.717) is 5.56 Å². The number of carbonyl (C=O) groups excluding carboxylic acids is 1. The summed E-state index contributed by atoms with van der Waals surface area (Å²) in [7, 11) is 0. The van der Waals surface area contributed by atoms with Gasteiger partial charge in [0.15, 0.2) is 0 Å². The minimum absolute atomic E-state index is 0.162. The first-order chi connectivity index (χ1) is 11.1. The molecule has 1 N–H and O–H groups in total. The van der Waals surface area contributed by atoms with Gasteiger partial charge in [0.1, 0.15) is 11.6 Å². The Labute approximate surface area is 138 Å². The van der Waals surface area contributed by atoms with Gasteiger partial charge in [-0.15, -0.1) is 11.3 Å². The first-order valence-corrected chi connectivity index (χ1v) is 8.27. The molecule has 1 aromatic carbocycles. The highest BCUT2D eigenvalue weighted by Crippen LogP contribution is 2.25. The van der Waals surface area contributed by atoms with E-state index in [2.05, 4.69) is 11.9 Å². The van der Waals surface area contributed by atoms with Gasteiger partial charge in [0, 0.05) is 32.4 Å². The number of fused-ring (bicyclic) bond motifs is 1. The number of aromatic nitrogens is 1. The zero-order chi connectivity index (χ0) is 16.4. The summed E-state index contributed by atoms with van der Waals surface area (Å²) >= 11 is 1.57. The van der Waals surface area contributed by atoms with Crippen LogP contribution in [0.3, 0.4) is 0 Å². The van der Waals surface area contributed by atoms with Crippen LogP contribution in [0.25, 0.3) is 17.0 Å².